The van der Waals surface area contributed by atoms with Gasteiger partial charge in [-0.25, -0.2) is 4.98 Å². The number of benzene rings is 1. The lowest BCUT2D eigenvalue weighted by Crippen LogP contribution is -1.99. The average Bonchev–Trinajstić information content (AvgIpc) is 2.18. The highest BCUT2D eigenvalue weighted by atomic mass is 15.0. The molecule has 1 aromatic carbocycles. The van der Waals surface area contributed by atoms with Gasteiger partial charge < -0.3 is 5.32 Å². The molecule has 0 aliphatic heterocycles. The molecule has 14 heavy (non-hydrogen) atoms. The maximum Gasteiger partial charge on any atom is 0.126 e. The summed E-state index contributed by atoms with van der Waals surface area (Å²) in [5.74, 6) is 0.962. The van der Waals surface area contributed by atoms with Gasteiger partial charge in [0.2, 0.25) is 0 Å². The molecular formula is C12H14N2. The number of pyridine rings is 1. The van der Waals surface area contributed by atoms with Crippen molar-refractivity contribution < 1.29 is 0 Å². The minimum atomic E-state index is 0.908. The van der Waals surface area contributed by atoms with Crippen LogP contribution in [0.4, 0.5) is 5.82 Å². The second-order valence-corrected chi connectivity index (χ2v) is 3.37. The third-order valence-electron chi connectivity index (χ3n) is 2.28. The van der Waals surface area contributed by atoms with Crippen LogP contribution in [0.15, 0.2) is 30.3 Å². The van der Waals surface area contributed by atoms with E-state index in [1.807, 2.05) is 18.2 Å². The number of fused-ring (bicyclic) bond motifs is 1. The molecule has 1 heterocycles. The van der Waals surface area contributed by atoms with E-state index >= 15 is 0 Å². The Morgan fingerprint density at radius 3 is 2.86 bits per heavy atom. The summed E-state index contributed by atoms with van der Waals surface area (Å²) in [4.78, 5) is 4.51. The molecule has 0 aliphatic rings. The molecule has 0 unspecified atom stereocenters. The van der Waals surface area contributed by atoms with E-state index in [0.29, 0.717) is 0 Å². The van der Waals surface area contributed by atoms with Gasteiger partial charge in [-0.3, -0.25) is 0 Å². The number of aromatic nitrogens is 1. The Kier molecular flexibility index (Phi) is 2.35. The second-order valence-electron chi connectivity index (χ2n) is 3.37. The van der Waals surface area contributed by atoms with Gasteiger partial charge in [-0.2, -0.15) is 0 Å². The van der Waals surface area contributed by atoms with Crippen LogP contribution >= 0.6 is 0 Å². The van der Waals surface area contributed by atoms with Gasteiger partial charge in [0, 0.05) is 11.9 Å². The lowest BCUT2D eigenvalue weighted by atomic mass is 10.1. The molecule has 1 aromatic heterocycles. The van der Waals surface area contributed by atoms with E-state index in [2.05, 4.69) is 36.3 Å². The Balaban J connectivity index is 2.60. The zero-order valence-corrected chi connectivity index (χ0v) is 8.54. The Labute approximate surface area is 84.0 Å². The fraction of sp³-hybridized carbons (Fsp3) is 0.250. The zero-order valence-electron chi connectivity index (χ0n) is 8.54. The molecular weight excluding hydrogens is 172 g/mol. The molecule has 0 saturated heterocycles. The summed E-state index contributed by atoms with van der Waals surface area (Å²) in [6.07, 6.45) is 0. The highest BCUT2D eigenvalue weighted by molar-refractivity contribution is 5.83. The van der Waals surface area contributed by atoms with Crippen LogP contribution in [0.5, 0.6) is 0 Å². The third kappa shape index (κ3) is 1.55. The summed E-state index contributed by atoms with van der Waals surface area (Å²) in [6.45, 7) is 5.10. The predicted octanol–water partition coefficient (Wildman–Crippen LogP) is 2.98. The maximum absolute atomic E-state index is 4.51. The van der Waals surface area contributed by atoms with Crippen LogP contribution in [0.3, 0.4) is 0 Å². The van der Waals surface area contributed by atoms with Gasteiger partial charge >= 0.3 is 0 Å². The van der Waals surface area contributed by atoms with E-state index in [4.69, 9.17) is 0 Å². The number of anilines is 1. The van der Waals surface area contributed by atoms with Crippen molar-refractivity contribution in [2.45, 2.75) is 13.8 Å². The number of para-hydroxylation sites is 1. The fourth-order valence-electron chi connectivity index (χ4n) is 1.62. The lowest BCUT2D eigenvalue weighted by Gasteiger charge is -2.06. The van der Waals surface area contributed by atoms with Crippen molar-refractivity contribution in [2.75, 3.05) is 11.9 Å². The van der Waals surface area contributed by atoms with Gasteiger partial charge in [0.05, 0.1) is 5.52 Å². The highest BCUT2D eigenvalue weighted by Gasteiger charge is 2.00. The number of nitrogens with zero attached hydrogens (tertiary/aromatic N) is 1. The minimum absolute atomic E-state index is 0.908. The summed E-state index contributed by atoms with van der Waals surface area (Å²) in [5.41, 5.74) is 2.33. The van der Waals surface area contributed by atoms with Crippen molar-refractivity contribution in [3.63, 3.8) is 0 Å². The van der Waals surface area contributed by atoms with E-state index in [1.165, 1.54) is 10.9 Å². The first-order valence-electron chi connectivity index (χ1n) is 4.91. The molecule has 0 bridgehead atoms. The van der Waals surface area contributed by atoms with Crippen molar-refractivity contribution >= 4 is 16.7 Å². The smallest absolute Gasteiger partial charge is 0.126 e. The van der Waals surface area contributed by atoms with Gasteiger partial charge in [-0.15, -0.1) is 0 Å². The van der Waals surface area contributed by atoms with Gasteiger partial charge in [0.25, 0.3) is 0 Å². The monoisotopic (exact) mass is 186 g/mol. The molecule has 2 nitrogen and oxygen atoms in total. The third-order valence-corrected chi connectivity index (χ3v) is 2.28. The van der Waals surface area contributed by atoms with Crippen molar-refractivity contribution in [2.24, 2.45) is 0 Å². The highest BCUT2D eigenvalue weighted by Crippen LogP contribution is 2.19. The molecule has 1 N–H and O–H groups in total. The molecule has 0 saturated carbocycles. The van der Waals surface area contributed by atoms with Crippen molar-refractivity contribution in [1.29, 1.82) is 0 Å². The van der Waals surface area contributed by atoms with E-state index in [1.54, 1.807) is 0 Å². The van der Waals surface area contributed by atoms with Crippen LogP contribution in [-0.4, -0.2) is 11.5 Å². The molecule has 0 amide bonds. The molecule has 72 valence electrons. The Bertz CT molecular complexity index is 449. The largest absolute Gasteiger partial charge is 0.370 e. The first-order chi connectivity index (χ1) is 6.81. The zero-order chi connectivity index (χ0) is 9.97. The van der Waals surface area contributed by atoms with Crippen molar-refractivity contribution in [1.82, 2.24) is 4.98 Å². The number of nitrogens with one attached hydrogen (secondary N) is 1. The quantitative estimate of drug-likeness (QED) is 0.780. The van der Waals surface area contributed by atoms with E-state index < -0.39 is 0 Å². The molecule has 0 spiro atoms. The van der Waals surface area contributed by atoms with E-state index in [0.717, 1.165) is 17.9 Å². The van der Waals surface area contributed by atoms with Crippen LogP contribution in [0.25, 0.3) is 10.9 Å². The van der Waals surface area contributed by atoms with E-state index in [9.17, 15) is 0 Å². The Morgan fingerprint density at radius 2 is 2.07 bits per heavy atom. The second kappa shape index (κ2) is 3.66. The molecule has 2 rings (SSSR count). The number of hydrogen-bond acceptors (Lipinski definition) is 2. The topological polar surface area (TPSA) is 24.9 Å². The summed E-state index contributed by atoms with van der Waals surface area (Å²) in [7, 11) is 0. The normalized spacial score (nSPS) is 10.4. The standard InChI is InChI=1S/C12H14N2/c1-3-13-12-8-9(2)10-6-4-5-7-11(10)14-12/h4-8H,3H2,1-2H3,(H,13,14). The van der Waals surface area contributed by atoms with Crippen LogP contribution in [0.1, 0.15) is 12.5 Å². The Morgan fingerprint density at radius 1 is 1.29 bits per heavy atom. The fourth-order valence-corrected chi connectivity index (χ4v) is 1.62. The van der Waals surface area contributed by atoms with Crippen LogP contribution < -0.4 is 5.32 Å². The predicted molar refractivity (Wildman–Crippen MR) is 60.6 cm³/mol. The molecule has 0 radical (unpaired) electrons. The summed E-state index contributed by atoms with van der Waals surface area (Å²) in [6, 6.07) is 10.3. The molecule has 2 heteroatoms. The van der Waals surface area contributed by atoms with Gasteiger partial charge in [0.15, 0.2) is 0 Å². The van der Waals surface area contributed by atoms with E-state index in [-0.39, 0.29) is 0 Å². The summed E-state index contributed by atoms with van der Waals surface area (Å²) >= 11 is 0. The Hall–Kier alpha value is -1.57. The van der Waals surface area contributed by atoms with Crippen LogP contribution in [0, 0.1) is 6.92 Å². The maximum atomic E-state index is 4.51. The minimum Gasteiger partial charge on any atom is -0.370 e. The van der Waals surface area contributed by atoms with Gasteiger partial charge in [-0.1, -0.05) is 18.2 Å². The first kappa shape index (κ1) is 9.00. The summed E-state index contributed by atoms with van der Waals surface area (Å²) < 4.78 is 0. The molecule has 2 aromatic rings. The molecule has 0 fully saturated rings. The van der Waals surface area contributed by atoms with Gasteiger partial charge in [-0.05, 0) is 31.5 Å². The summed E-state index contributed by atoms with van der Waals surface area (Å²) in [5, 5.41) is 4.46. The van der Waals surface area contributed by atoms with Crippen molar-refractivity contribution in [3.05, 3.63) is 35.9 Å². The van der Waals surface area contributed by atoms with Gasteiger partial charge in [0.1, 0.15) is 5.82 Å². The lowest BCUT2D eigenvalue weighted by molar-refractivity contribution is 1.17. The van der Waals surface area contributed by atoms with Crippen LogP contribution in [-0.2, 0) is 0 Å². The number of hydrogen-bond donors (Lipinski definition) is 1. The van der Waals surface area contributed by atoms with Crippen molar-refractivity contribution in [3.8, 4) is 0 Å². The average molecular weight is 186 g/mol. The SMILES string of the molecule is CCNc1cc(C)c2ccccc2n1. The molecule has 0 atom stereocenters. The number of rotatable bonds is 2. The first-order valence-corrected chi connectivity index (χ1v) is 4.91. The van der Waals surface area contributed by atoms with Crippen LogP contribution in [0.2, 0.25) is 0 Å². The molecule has 0 aliphatic carbocycles. The number of aryl methyl sites for hydroxylation is 1.